The smallest absolute Gasteiger partial charge is 0.268 e. The van der Waals surface area contributed by atoms with Gasteiger partial charge in [0.2, 0.25) is 5.89 Å². The van der Waals surface area contributed by atoms with Crippen LogP contribution in [0.5, 0.6) is 0 Å². The number of nitrogens with one attached hydrogen (secondary N) is 2. The van der Waals surface area contributed by atoms with Gasteiger partial charge in [-0.1, -0.05) is 0 Å². The van der Waals surface area contributed by atoms with E-state index < -0.39 is 0 Å². The SMILES string of the molecule is Cc1cnc(CNC(=O)c2cc(Br)c[nH]2)o1. The maximum Gasteiger partial charge on any atom is 0.268 e. The van der Waals surface area contributed by atoms with E-state index >= 15 is 0 Å². The molecule has 2 N–H and O–H groups in total. The summed E-state index contributed by atoms with van der Waals surface area (Å²) in [6, 6.07) is 1.70. The summed E-state index contributed by atoms with van der Waals surface area (Å²) < 4.78 is 6.07. The van der Waals surface area contributed by atoms with Crippen molar-refractivity contribution in [3.63, 3.8) is 0 Å². The van der Waals surface area contributed by atoms with Crippen LogP contribution < -0.4 is 5.32 Å². The van der Waals surface area contributed by atoms with E-state index in [-0.39, 0.29) is 12.5 Å². The van der Waals surface area contributed by atoms with E-state index in [1.165, 1.54) is 0 Å². The normalized spacial score (nSPS) is 10.4. The van der Waals surface area contributed by atoms with Gasteiger partial charge in [-0.05, 0) is 28.9 Å². The molecule has 2 aromatic rings. The molecule has 0 aliphatic heterocycles. The molecule has 0 atom stereocenters. The molecule has 5 nitrogen and oxygen atoms in total. The van der Waals surface area contributed by atoms with Crippen molar-refractivity contribution in [3.8, 4) is 0 Å². The van der Waals surface area contributed by atoms with E-state index in [0.717, 1.165) is 10.2 Å². The van der Waals surface area contributed by atoms with Crippen LogP contribution in [0.4, 0.5) is 0 Å². The van der Waals surface area contributed by atoms with Crippen LogP contribution in [-0.2, 0) is 6.54 Å². The molecule has 1 amide bonds. The van der Waals surface area contributed by atoms with Crippen LogP contribution >= 0.6 is 15.9 Å². The Labute approximate surface area is 100 Å². The number of hydrogen-bond donors (Lipinski definition) is 2. The minimum absolute atomic E-state index is 0.193. The lowest BCUT2D eigenvalue weighted by Crippen LogP contribution is -2.23. The Morgan fingerprint density at radius 2 is 2.50 bits per heavy atom. The number of oxazole rings is 1. The Balaban J connectivity index is 1.93. The quantitative estimate of drug-likeness (QED) is 0.905. The van der Waals surface area contributed by atoms with Crippen molar-refractivity contribution >= 4 is 21.8 Å². The van der Waals surface area contributed by atoms with E-state index in [1.54, 1.807) is 25.4 Å². The van der Waals surface area contributed by atoms with E-state index in [9.17, 15) is 4.79 Å². The summed E-state index contributed by atoms with van der Waals surface area (Å²) >= 11 is 3.26. The summed E-state index contributed by atoms with van der Waals surface area (Å²) in [5.74, 6) is 1.03. The summed E-state index contributed by atoms with van der Waals surface area (Å²) in [5, 5.41) is 2.69. The van der Waals surface area contributed by atoms with Crippen LogP contribution in [0.25, 0.3) is 0 Å². The molecular formula is C10H10BrN3O2. The monoisotopic (exact) mass is 283 g/mol. The summed E-state index contributed by atoms with van der Waals surface area (Å²) in [6.45, 7) is 2.09. The third-order valence-corrected chi connectivity index (χ3v) is 2.42. The number of carbonyl (C=O) groups excluding carboxylic acids is 1. The molecule has 0 aliphatic rings. The largest absolute Gasteiger partial charge is 0.444 e. The fraction of sp³-hybridized carbons (Fsp3) is 0.200. The highest BCUT2D eigenvalue weighted by molar-refractivity contribution is 9.10. The Morgan fingerprint density at radius 1 is 1.69 bits per heavy atom. The van der Waals surface area contributed by atoms with E-state index in [4.69, 9.17) is 4.42 Å². The molecule has 0 saturated heterocycles. The molecule has 84 valence electrons. The number of halogens is 1. The number of H-pyrrole nitrogens is 1. The fourth-order valence-corrected chi connectivity index (χ4v) is 1.58. The number of aromatic nitrogens is 2. The summed E-state index contributed by atoms with van der Waals surface area (Å²) in [6.07, 6.45) is 3.32. The maximum atomic E-state index is 11.6. The standard InChI is InChI=1S/C10H10BrN3O2/c1-6-3-13-9(16-6)5-14-10(15)8-2-7(11)4-12-8/h2-4,12H,5H2,1H3,(H,14,15). The lowest BCUT2D eigenvalue weighted by Gasteiger charge is -1.99. The molecule has 2 heterocycles. The zero-order valence-electron chi connectivity index (χ0n) is 8.58. The van der Waals surface area contributed by atoms with Crippen LogP contribution in [0.1, 0.15) is 22.1 Å². The van der Waals surface area contributed by atoms with Gasteiger partial charge in [-0.2, -0.15) is 0 Å². The zero-order valence-corrected chi connectivity index (χ0v) is 10.2. The Bertz CT molecular complexity index is 504. The van der Waals surface area contributed by atoms with Crippen LogP contribution in [0.2, 0.25) is 0 Å². The summed E-state index contributed by atoms with van der Waals surface area (Å²) in [7, 11) is 0. The number of aryl methyl sites for hydroxylation is 1. The first-order valence-electron chi connectivity index (χ1n) is 4.68. The van der Waals surface area contributed by atoms with Crippen molar-refractivity contribution in [1.82, 2.24) is 15.3 Å². The number of nitrogens with zero attached hydrogens (tertiary/aromatic N) is 1. The van der Waals surface area contributed by atoms with E-state index in [2.05, 4.69) is 31.2 Å². The van der Waals surface area contributed by atoms with Crippen molar-refractivity contribution in [3.05, 3.63) is 40.3 Å². The highest BCUT2D eigenvalue weighted by Crippen LogP contribution is 2.10. The van der Waals surface area contributed by atoms with E-state index in [0.29, 0.717) is 11.6 Å². The van der Waals surface area contributed by atoms with Crippen LogP contribution in [0, 0.1) is 6.92 Å². The molecule has 0 aromatic carbocycles. The number of amides is 1. The fourth-order valence-electron chi connectivity index (χ4n) is 1.23. The summed E-state index contributed by atoms with van der Waals surface area (Å²) in [4.78, 5) is 18.4. The first kappa shape index (κ1) is 10.9. The second-order valence-corrected chi connectivity index (χ2v) is 4.19. The highest BCUT2D eigenvalue weighted by atomic mass is 79.9. The lowest BCUT2D eigenvalue weighted by atomic mass is 10.4. The maximum absolute atomic E-state index is 11.6. The van der Waals surface area contributed by atoms with Crippen molar-refractivity contribution in [1.29, 1.82) is 0 Å². The van der Waals surface area contributed by atoms with Gasteiger partial charge in [0.1, 0.15) is 11.5 Å². The topological polar surface area (TPSA) is 70.9 Å². The first-order valence-corrected chi connectivity index (χ1v) is 5.48. The molecular weight excluding hydrogens is 274 g/mol. The molecule has 2 aromatic heterocycles. The average Bonchev–Trinajstić information content (AvgIpc) is 2.84. The first-order chi connectivity index (χ1) is 7.65. The highest BCUT2D eigenvalue weighted by Gasteiger charge is 2.08. The van der Waals surface area contributed by atoms with Gasteiger partial charge in [-0.3, -0.25) is 4.79 Å². The third kappa shape index (κ3) is 2.52. The number of aromatic amines is 1. The molecule has 0 radical (unpaired) electrons. The molecule has 2 rings (SSSR count). The predicted octanol–water partition coefficient (Wildman–Crippen LogP) is 2.00. The van der Waals surface area contributed by atoms with Crippen LogP contribution in [-0.4, -0.2) is 15.9 Å². The third-order valence-electron chi connectivity index (χ3n) is 1.96. The van der Waals surface area contributed by atoms with Crippen molar-refractivity contribution in [2.45, 2.75) is 13.5 Å². The van der Waals surface area contributed by atoms with Gasteiger partial charge in [0, 0.05) is 10.7 Å². The molecule has 16 heavy (non-hydrogen) atoms. The predicted molar refractivity (Wildman–Crippen MR) is 60.9 cm³/mol. The van der Waals surface area contributed by atoms with Gasteiger partial charge in [-0.25, -0.2) is 4.98 Å². The number of carbonyl (C=O) groups is 1. The van der Waals surface area contributed by atoms with Gasteiger partial charge in [0.05, 0.1) is 12.7 Å². The molecule has 0 unspecified atom stereocenters. The van der Waals surface area contributed by atoms with Crippen LogP contribution in [0.15, 0.2) is 27.3 Å². The Hall–Kier alpha value is -1.56. The minimum atomic E-state index is -0.193. The van der Waals surface area contributed by atoms with Crippen molar-refractivity contribution in [2.75, 3.05) is 0 Å². The van der Waals surface area contributed by atoms with Crippen molar-refractivity contribution < 1.29 is 9.21 Å². The molecule has 0 fully saturated rings. The van der Waals surface area contributed by atoms with Crippen molar-refractivity contribution in [2.24, 2.45) is 0 Å². The van der Waals surface area contributed by atoms with Gasteiger partial charge in [0.15, 0.2) is 0 Å². The average molecular weight is 284 g/mol. The molecule has 0 aliphatic carbocycles. The number of rotatable bonds is 3. The second kappa shape index (κ2) is 4.52. The minimum Gasteiger partial charge on any atom is -0.444 e. The number of hydrogen-bond acceptors (Lipinski definition) is 3. The van der Waals surface area contributed by atoms with Crippen LogP contribution in [0.3, 0.4) is 0 Å². The summed E-state index contributed by atoms with van der Waals surface area (Å²) in [5.41, 5.74) is 0.496. The van der Waals surface area contributed by atoms with Gasteiger partial charge < -0.3 is 14.7 Å². The van der Waals surface area contributed by atoms with Gasteiger partial charge in [-0.15, -0.1) is 0 Å². The second-order valence-electron chi connectivity index (χ2n) is 3.28. The van der Waals surface area contributed by atoms with Gasteiger partial charge >= 0.3 is 0 Å². The Kier molecular flexibility index (Phi) is 3.09. The molecule has 6 heteroatoms. The molecule has 0 bridgehead atoms. The zero-order chi connectivity index (χ0) is 11.5. The Morgan fingerprint density at radius 3 is 3.06 bits per heavy atom. The molecule has 0 spiro atoms. The van der Waals surface area contributed by atoms with E-state index in [1.807, 2.05) is 0 Å². The molecule has 0 saturated carbocycles. The lowest BCUT2D eigenvalue weighted by molar-refractivity contribution is 0.0942. The van der Waals surface area contributed by atoms with Gasteiger partial charge in [0.25, 0.3) is 5.91 Å².